The Morgan fingerprint density at radius 1 is 0.708 bits per heavy atom. The van der Waals surface area contributed by atoms with E-state index < -0.39 is 70.6 Å². The fourth-order valence-corrected chi connectivity index (χ4v) is 5.01. The predicted molar refractivity (Wildman–Crippen MR) is 161 cm³/mol. The van der Waals surface area contributed by atoms with Gasteiger partial charge in [-0.05, 0) is 31.0 Å². The minimum Gasteiger partial charge on any atom is -0.461 e. The number of esters is 2. The van der Waals surface area contributed by atoms with Gasteiger partial charge in [0.1, 0.15) is 11.8 Å². The minimum atomic E-state index is -5.26. The van der Waals surface area contributed by atoms with Gasteiger partial charge in [0.15, 0.2) is 0 Å². The first-order chi connectivity index (χ1) is 22.5. The Morgan fingerprint density at radius 3 is 1.58 bits per heavy atom. The highest BCUT2D eigenvalue weighted by molar-refractivity contribution is 5.92. The van der Waals surface area contributed by atoms with Crippen LogP contribution in [0.25, 0.3) is 0 Å². The van der Waals surface area contributed by atoms with Crippen LogP contribution in [0, 0.1) is 0 Å². The molecule has 0 aliphatic carbocycles. The van der Waals surface area contributed by atoms with E-state index in [1.165, 1.54) is 55.5 Å². The van der Waals surface area contributed by atoms with Crippen molar-refractivity contribution in [3.63, 3.8) is 0 Å². The maximum atomic E-state index is 14.6. The van der Waals surface area contributed by atoms with Gasteiger partial charge >= 0.3 is 24.3 Å². The van der Waals surface area contributed by atoms with Gasteiger partial charge in [0, 0.05) is 31.3 Å². The van der Waals surface area contributed by atoms with E-state index in [2.05, 4.69) is 5.32 Å². The molecule has 48 heavy (non-hydrogen) atoms. The third-order valence-electron chi connectivity index (χ3n) is 7.93. The molecule has 0 heterocycles. The monoisotopic (exact) mass is 683 g/mol. The summed E-state index contributed by atoms with van der Waals surface area (Å²) in [5.41, 5.74) is -7.78. The highest BCUT2D eigenvalue weighted by atomic mass is 19.4. The number of hydrogen-bond donors (Lipinski definition) is 1. The quantitative estimate of drug-likeness (QED) is 0.121. The smallest absolute Gasteiger partial charge is 0.432 e. The molecule has 1 unspecified atom stereocenters. The normalized spacial score (nSPS) is 16.4. The molecule has 5 atom stereocenters. The lowest BCUT2D eigenvalue weighted by atomic mass is 9.89. The zero-order chi connectivity index (χ0) is 35.9. The Morgan fingerprint density at radius 2 is 1.17 bits per heavy atom. The molecule has 0 saturated heterocycles. The van der Waals surface area contributed by atoms with Gasteiger partial charge in [0.25, 0.3) is 17.1 Å². The van der Waals surface area contributed by atoms with E-state index in [1.54, 1.807) is 13.8 Å². The molecule has 3 aromatic carbocycles. The van der Waals surface area contributed by atoms with Crippen molar-refractivity contribution >= 4 is 17.8 Å². The van der Waals surface area contributed by atoms with E-state index in [0.29, 0.717) is 20.6 Å². The maximum absolute atomic E-state index is 14.6. The van der Waals surface area contributed by atoms with Crippen LogP contribution in [0.5, 0.6) is 5.75 Å². The third kappa shape index (κ3) is 7.49. The van der Waals surface area contributed by atoms with Crippen LogP contribution < -0.4 is 10.1 Å². The summed E-state index contributed by atoms with van der Waals surface area (Å²) in [6, 6.07) is 15.4. The van der Waals surface area contributed by atoms with Crippen molar-refractivity contribution in [2.24, 2.45) is 0 Å². The molecule has 1 N–H and O–H groups in total. The van der Waals surface area contributed by atoms with Crippen LogP contribution in [-0.4, -0.2) is 56.6 Å². The van der Waals surface area contributed by atoms with E-state index in [4.69, 9.17) is 18.9 Å². The van der Waals surface area contributed by atoms with E-state index in [9.17, 15) is 40.7 Å². The number of benzene rings is 3. The number of carbonyl (C=O) groups excluding carboxylic acids is 3. The zero-order valence-corrected chi connectivity index (χ0v) is 26.6. The number of hydrogen-bond acceptors (Lipinski definition) is 7. The molecule has 3 aromatic rings. The van der Waals surface area contributed by atoms with Gasteiger partial charge in [-0.15, -0.1) is 0 Å². The lowest BCUT2D eigenvalue weighted by molar-refractivity contribution is -0.272. The molecular weight excluding hydrogens is 648 g/mol. The molecule has 260 valence electrons. The van der Waals surface area contributed by atoms with E-state index in [-0.39, 0.29) is 11.3 Å². The molecule has 0 bridgehead atoms. The number of nitrogens with one attached hydrogen (secondary N) is 1. The number of halogens is 6. The Labute approximate surface area is 273 Å². The number of ether oxygens (including phenoxy) is 4. The first-order valence-electron chi connectivity index (χ1n) is 14.7. The van der Waals surface area contributed by atoms with E-state index >= 15 is 0 Å². The average Bonchev–Trinajstić information content (AvgIpc) is 3.04. The first-order valence-corrected chi connectivity index (χ1v) is 14.7. The summed E-state index contributed by atoms with van der Waals surface area (Å²) in [5.74, 6) is -5.91. The van der Waals surface area contributed by atoms with Crippen molar-refractivity contribution in [1.29, 1.82) is 0 Å². The van der Waals surface area contributed by atoms with Gasteiger partial charge in [0.05, 0.1) is 6.10 Å². The Kier molecular flexibility index (Phi) is 12.0. The summed E-state index contributed by atoms with van der Waals surface area (Å²) in [5, 5.41) is 2.17. The van der Waals surface area contributed by atoms with Gasteiger partial charge in [0.2, 0.25) is 0 Å². The molecule has 0 saturated carbocycles. The van der Waals surface area contributed by atoms with E-state index in [0.717, 1.165) is 36.4 Å². The fourth-order valence-electron chi connectivity index (χ4n) is 5.01. The Balaban J connectivity index is 1.97. The number of carbonyl (C=O) groups is 3. The van der Waals surface area contributed by atoms with Crippen LogP contribution in [0.3, 0.4) is 0 Å². The van der Waals surface area contributed by atoms with Gasteiger partial charge in [-0.25, -0.2) is 9.59 Å². The molecule has 1 amide bonds. The summed E-state index contributed by atoms with van der Waals surface area (Å²) >= 11 is 0. The van der Waals surface area contributed by atoms with Crippen LogP contribution in [0.4, 0.5) is 26.3 Å². The maximum Gasteiger partial charge on any atom is 0.432 e. The fraction of sp³-hybridized carbons (Fsp3) is 0.382. The number of rotatable bonds is 13. The van der Waals surface area contributed by atoms with Crippen molar-refractivity contribution in [2.75, 3.05) is 14.2 Å². The van der Waals surface area contributed by atoms with Crippen molar-refractivity contribution in [2.45, 2.75) is 68.8 Å². The topological polar surface area (TPSA) is 100 Å². The van der Waals surface area contributed by atoms with Gasteiger partial charge in [-0.1, -0.05) is 86.6 Å². The van der Waals surface area contributed by atoms with Crippen LogP contribution in [0.2, 0.25) is 0 Å². The molecule has 0 spiro atoms. The van der Waals surface area contributed by atoms with Crippen molar-refractivity contribution in [3.8, 4) is 5.75 Å². The second kappa shape index (κ2) is 15.2. The molecule has 3 rings (SSSR count). The number of alkyl halides is 6. The summed E-state index contributed by atoms with van der Waals surface area (Å²) in [7, 11) is 1.43. The summed E-state index contributed by atoms with van der Waals surface area (Å²) in [4.78, 5) is 39.8. The minimum absolute atomic E-state index is 0.229. The summed E-state index contributed by atoms with van der Waals surface area (Å²) in [6.45, 7) is 4.68. The average molecular weight is 684 g/mol. The third-order valence-corrected chi connectivity index (χ3v) is 7.93. The first kappa shape index (κ1) is 38.0. The molecule has 0 radical (unpaired) electrons. The van der Waals surface area contributed by atoms with Gasteiger partial charge < -0.3 is 24.3 Å². The van der Waals surface area contributed by atoms with Crippen molar-refractivity contribution in [1.82, 2.24) is 5.32 Å². The van der Waals surface area contributed by atoms with Gasteiger partial charge in [-0.3, -0.25) is 4.79 Å². The highest BCUT2D eigenvalue weighted by Gasteiger charge is 2.65. The molecular formula is C34H35F6NO7. The SMILES string of the molecule is CCC(C)OC(=O)[C@H](NC(=O)[C@@](OC)(c1ccccc1)C(F)(F)F)[C@@H](C)c1ccc(OC(=O)[C@@](OC)(c2ccccc2)C(F)(F)F)cc1. The number of methoxy groups -OCH3 is 2. The van der Waals surface area contributed by atoms with E-state index in [1.807, 2.05) is 0 Å². The highest BCUT2D eigenvalue weighted by Crippen LogP contribution is 2.44. The van der Waals surface area contributed by atoms with Gasteiger partial charge in [-0.2, -0.15) is 26.3 Å². The van der Waals surface area contributed by atoms with Crippen LogP contribution in [0.1, 0.15) is 49.8 Å². The Hall–Kier alpha value is -4.43. The van der Waals surface area contributed by atoms with Crippen LogP contribution >= 0.6 is 0 Å². The Bertz CT molecular complexity index is 1530. The summed E-state index contributed by atoms with van der Waals surface area (Å²) < 4.78 is 107. The van der Waals surface area contributed by atoms with Crippen molar-refractivity contribution in [3.05, 3.63) is 102 Å². The second-order valence-corrected chi connectivity index (χ2v) is 10.9. The van der Waals surface area contributed by atoms with Crippen LogP contribution in [0.15, 0.2) is 84.9 Å². The lowest BCUT2D eigenvalue weighted by Crippen LogP contribution is -2.59. The van der Waals surface area contributed by atoms with Crippen molar-refractivity contribution < 1.29 is 59.7 Å². The number of amides is 1. The molecule has 8 nitrogen and oxygen atoms in total. The molecule has 0 aromatic heterocycles. The molecule has 14 heteroatoms. The second-order valence-electron chi connectivity index (χ2n) is 10.9. The zero-order valence-electron chi connectivity index (χ0n) is 26.6. The molecule has 0 aliphatic heterocycles. The standard InChI is InChI=1S/C34H35F6NO7/c1-6-21(2)47-28(42)27(41-29(43)31(45-4,33(35,36)37)24-13-9-7-10-14-24)22(3)23-17-19-26(20-18-23)48-30(44)32(46-5,34(38,39)40)25-15-11-8-12-16-25/h7-22,27H,6H2,1-5H3,(H,41,43)/t21?,22-,27+,31-,32-/m0/s1. The van der Waals surface area contributed by atoms with Crippen LogP contribution in [-0.2, 0) is 39.8 Å². The largest absolute Gasteiger partial charge is 0.461 e. The summed E-state index contributed by atoms with van der Waals surface area (Å²) in [6.07, 6.45) is -10.8. The predicted octanol–water partition coefficient (Wildman–Crippen LogP) is 6.73. The lowest BCUT2D eigenvalue weighted by Gasteiger charge is -2.35. The molecule has 0 fully saturated rings. The molecule has 0 aliphatic rings.